The van der Waals surface area contributed by atoms with Gasteiger partial charge in [0, 0.05) is 24.6 Å². The van der Waals surface area contributed by atoms with Crippen molar-refractivity contribution in [2.75, 3.05) is 25.6 Å². The van der Waals surface area contributed by atoms with E-state index in [4.69, 9.17) is 22.1 Å². The molecule has 2 aromatic rings. The Morgan fingerprint density at radius 3 is 2.80 bits per heavy atom. The number of carbonyl (C=O) groups is 1. The summed E-state index contributed by atoms with van der Waals surface area (Å²) in [5, 5.41) is 2.72. The molecule has 0 unspecified atom stereocenters. The minimum Gasteiger partial charge on any atom is -0.386 e. The summed E-state index contributed by atoms with van der Waals surface area (Å²) in [6.07, 6.45) is -1.15. The number of ether oxygens (including phenoxy) is 2. The maximum absolute atomic E-state index is 14.0. The number of benzene rings is 1. The summed E-state index contributed by atoms with van der Waals surface area (Å²) >= 11 is 6.10. The molecule has 0 aliphatic rings. The van der Waals surface area contributed by atoms with Crippen LogP contribution in [0.2, 0.25) is 5.02 Å². The highest BCUT2D eigenvalue weighted by Gasteiger charge is 2.14. The lowest BCUT2D eigenvalue weighted by molar-refractivity contribution is 0.0321. The van der Waals surface area contributed by atoms with E-state index < -0.39 is 24.8 Å². The van der Waals surface area contributed by atoms with Gasteiger partial charge in [0.05, 0.1) is 18.2 Å². The van der Waals surface area contributed by atoms with Crippen LogP contribution in [-0.2, 0) is 22.6 Å². The van der Waals surface area contributed by atoms with Crippen molar-refractivity contribution in [3.8, 4) is 0 Å². The summed E-state index contributed by atoms with van der Waals surface area (Å²) < 4.78 is 47.7. The Morgan fingerprint density at radius 2 is 2.13 bits per heavy atom. The third-order valence-electron chi connectivity index (χ3n) is 3.67. The summed E-state index contributed by atoms with van der Waals surface area (Å²) in [6, 6.07) is 5.46. The minimum atomic E-state index is -2.62. The Hall–Kier alpha value is -2.69. The zero-order chi connectivity index (χ0) is 22.1. The fraction of sp³-hybridized carbons (Fsp3) is 0.316. The second-order valence-corrected chi connectivity index (χ2v) is 6.49. The van der Waals surface area contributed by atoms with Crippen LogP contribution in [-0.4, -0.2) is 43.5 Å². The summed E-state index contributed by atoms with van der Waals surface area (Å²) in [5.74, 6) is -1.21. The van der Waals surface area contributed by atoms with Gasteiger partial charge in [0.15, 0.2) is 0 Å². The molecule has 0 aliphatic carbocycles. The van der Waals surface area contributed by atoms with Gasteiger partial charge in [-0.25, -0.2) is 18.2 Å². The molecule has 1 aromatic carbocycles. The Bertz CT molecular complexity index is 913. The van der Waals surface area contributed by atoms with Crippen LogP contribution in [0.3, 0.4) is 0 Å². The van der Waals surface area contributed by atoms with Crippen LogP contribution in [0.25, 0.3) is 0 Å². The number of alkyl halides is 2. The molecule has 0 bridgehead atoms. The highest BCUT2D eigenvalue weighted by atomic mass is 35.5. The highest BCUT2D eigenvalue weighted by Crippen LogP contribution is 2.20. The molecule has 0 aliphatic heterocycles. The smallest absolute Gasteiger partial charge is 0.275 e. The molecule has 0 saturated heterocycles. The summed E-state index contributed by atoms with van der Waals surface area (Å²) in [6.45, 7) is -0.933. The normalized spacial score (nSPS) is 11.7. The molecule has 1 aromatic heterocycles. The molecule has 0 radical (unpaired) electrons. The van der Waals surface area contributed by atoms with Gasteiger partial charge >= 0.3 is 0 Å². The van der Waals surface area contributed by atoms with Gasteiger partial charge in [0.25, 0.3) is 12.3 Å². The SMILES string of the molecule is COCc1cnc(C(=O)Nc2ccc(F)c(C/N=C(/N)COCC(F)F)c2)c(Cl)c1. The van der Waals surface area contributed by atoms with E-state index in [0.717, 1.165) is 6.07 Å². The molecule has 7 nitrogen and oxygen atoms in total. The third kappa shape index (κ3) is 7.29. The lowest BCUT2D eigenvalue weighted by Crippen LogP contribution is -2.21. The quantitative estimate of drug-likeness (QED) is 0.432. The number of nitrogens with one attached hydrogen (secondary N) is 1. The summed E-state index contributed by atoms with van der Waals surface area (Å²) in [4.78, 5) is 20.4. The molecule has 1 heterocycles. The molecule has 0 atom stereocenters. The zero-order valence-corrected chi connectivity index (χ0v) is 16.8. The van der Waals surface area contributed by atoms with Gasteiger partial charge in [-0.1, -0.05) is 11.6 Å². The number of nitrogens with two attached hydrogens (primary N) is 1. The molecule has 162 valence electrons. The molecule has 2 rings (SSSR count). The van der Waals surface area contributed by atoms with E-state index in [9.17, 15) is 18.0 Å². The molecule has 30 heavy (non-hydrogen) atoms. The first kappa shape index (κ1) is 23.6. The number of aromatic nitrogens is 1. The highest BCUT2D eigenvalue weighted by molar-refractivity contribution is 6.34. The van der Waals surface area contributed by atoms with Crippen LogP contribution in [0.1, 0.15) is 21.6 Å². The minimum absolute atomic E-state index is 0.000777. The van der Waals surface area contributed by atoms with E-state index in [-0.39, 0.29) is 41.0 Å². The third-order valence-corrected chi connectivity index (χ3v) is 3.96. The maximum Gasteiger partial charge on any atom is 0.275 e. The van der Waals surface area contributed by atoms with Gasteiger partial charge in [0.2, 0.25) is 0 Å². The van der Waals surface area contributed by atoms with Gasteiger partial charge in [-0.3, -0.25) is 9.79 Å². The standard InChI is InChI=1S/C19H20ClF3N4O3/c1-29-8-11-4-14(20)18(26-6-11)19(28)27-13-2-3-15(21)12(5-13)7-25-17(24)10-30-9-16(22)23/h2-6,16H,7-10H2,1H3,(H2,24,25)(H,27,28). The van der Waals surface area contributed by atoms with Crippen LogP contribution in [0.15, 0.2) is 35.5 Å². The van der Waals surface area contributed by atoms with E-state index in [1.54, 1.807) is 6.07 Å². The fourth-order valence-electron chi connectivity index (χ4n) is 2.34. The number of amides is 1. The molecule has 0 fully saturated rings. The van der Waals surface area contributed by atoms with Gasteiger partial charge in [-0.05, 0) is 29.8 Å². The number of nitrogens with zero attached hydrogens (tertiary/aromatic N) is 2. The van der Waals surface area contributed by atoms with Gasteiger partial charge in [-0.15, -0.1) is 0 Å². The van der Waals surface area contributed by atoms with E-state index >= 15 is 0 Å². The second kappa shape index (κ2) is 11.5. The lowest BCUT2D eigenvalue weighted by Gasteiger charge is -2.09. The number of aliphatic imine (C=N–C) groups is 1. The Kier molecular flexibility index (Phi) is 9.03. The Morgan fingerprint density at radius 1 is 1.37 bits per heavy atom. The van der Waals surface area contributed by atoms with Crippen LogP contribution in [0, 0.1) is 5.82 Å². The average Bonchev–Trinajstić information content (AvgIpc) is 2.68. The largest absolute Gasteiger partial charge is 0.386 e. The van der Waals surface area contributed by atoms with Crippen molar-refractivity contribution in [3.05, 3.63) is 58.1 Å². The number of pyridine rings is 1. The van der Waals surface area contributed by atoms with Crippen LogP contribution in [0.4, 0.5) is 18.9 Å². The number of hydrogen-bond donors (Lipinski definition) is 2. The topological polar surface area (TPSA) is 98.8 Å². The molecule has 0 spiro atoms. The van der Waals surface area contributed by atoms with Crippen LogP contribution in [0.5, 0.6) is 0 Å². The number of anilines is 1. The maximum atomic E-state index is 14.0. The van der Waals surface area contributed by atoms with Crippen LogP contribution < -0.4 is 11.1 Å². The van der Waals surface area contributed by atoms with Crippen molar-refractivity contribution in [1.29, 1.82) is 0 Å². The van der Waals surface area contributed by atoms with Crippen molar-refractivity contribution in [1.82, 2.24) is 4.98 Å². The number of hydrogen-bond acceptors (Lipinski definition) is 5. The molecule has 11 heteroatoms. The predicted octanol–water partition coefficient (Wildman–Crippen LogP) is 3.41. The Labute approximate surface area is 176 Å². The zero-order valence-electron chi connectivity index (χ0n) is 16.0. The predicted molar refractivity (Wildman–Crippen MR) is 106 cm³/mol. The van der Waals surface area contributed by atoms with E-state index in [2.05, 4.69) is 20.0 Å². The van der Waals surface area contributed by atoms with Crippen molar-refractivity contribution >= 4 is 29.0 Å². The van der Waals surface area contributed by atoms with Gasteiger partial charge in [-0.2, -0.15) is 0 Å². The number of methoxy groups -OCH3 is 1. The first-order valence-electron chi connectivity index (χ1n) is 8.68. The van der Waals surface area contributed by atoms with Gasteiger partial charge < -0.3 is 20.5 Å². The molecule has 3 N–H and O–H groups in total. The monoisotopic (exact) mass is 444 g/mol. The molecular formula is C19H20ClF3N4O3. The molecular weight excluding hydrogens is 425 g/mol. The fourth-order valence-corrected chi connectivity index (χ4v) is 2.61. The number of rotatable bonds is 10. The van der Waals surface area contributed by atoms with Crippen molar-refractivity contribution in [2.24, 2.45) is 10.7 Å². The van der Waals surface area contributed by atoms with E-state index in [1.807, 2.05) is 0 Å². The van der Waals surface area contributed by atoms with Crippen molar-refractivity contribution < 1.29 is 27.4 Å². The van der Waals surface area contributed by atoms with Crippen LogP contribution >= 0.6 is 11.6 Å². The summed E-state index contributed by atoms with van der Waals surface area (Å²) in [5.41, 5.74) is 6.69. The first-order chi connectivity index (χ1) is 14.3. The second-order valence-electron chi connectivity index (χ2n) is 6.08. The van der Waals surface area contributed by atoms with Crippen molar-refractivity contribution in [3.63, 3.8) is 0 Å². The van der Waals surface area contributed by atoms with Gasteiger partial charge in [0.1, 0.15) is 30.6 Å². The summed E-state index contributed by atoms with van der Waals surface area (Å²) in [7, 11) is 1.52. The molecule has 1 amide bonds. The van der Waals surface area contributed by atoms with E-state index in [1.165, 1.54) is 25.4 Å². The van der Waals surface area contributed by atoms with E-state index in [0.29, 0.717) is 12.2 Å². The number of halogens is 4. The molecule has 0 saturated carbocycles. The number of carbonyl (C=O) groups excluding carboxylic acids is 1. The number of amidine groups is 1. The van der Waals surface area contributed by atoms with Crippen molar-refractivity contribution in [2.45, 2.75) is 19.6 Å². The Balaban J connectivity index is 2.05. The average molecular weight is 445 g/mol. The lowest BCUT2D eigenvalue weighted by atomic mass is 10.2. The first-order valence-corrected chi connectivity index (χ1v) is 9.05.